The molecule has 0 aliphatic carbocycles. The van der Waals surface area contributed by atoms with Crippen molar-refractivity contribution in [1.29, 1.82) is 0 Å². The number of nitrogens with one attached hydrogen (secondary N) is 1. The van der Waals surface area contributed by atoms with E-state index in [4.69, 9.17) is 0 Å². The summed E-state index contributed by atoms with van der Waals surface area (Å²) in [7, 11) is 0. The third-order valence-electron chi connectivity index (χ3n) is 2.68. The molecule has 1 saturated heterocycles. The number of unbranched alkanes of at least 4 members (excludes halogenated alkanes) is 1. The topological polar surface area (TPSA) is 110 Å². The predicted octanol–water partition coefficient (Wildman–Crippen LogP) is -1.23. The quantitative estimate of drug-likeness (QED) is 0.435. The van der Waals surface area contributed by atoms with E-state index < -0.39 is 29.1 Å². The molecular formula is C10H19NO5S. The summed E-state index contributed by atoms with van der Waals surface area (Å²) >= 11 is 0.713. The summed E-state index contributed by atoms with van der Waals surface area (Å²) in [6.45, 7) is 1.95. The first-order valence-electron chi connectivity index (χ1n) is 5.64. The number of carbonyl (C=O) groups is 1. The SMILES string of the molecule is CCCCC(=O)N[C@H]1C(O)S[C@H](O)[C@@H](O)[C@@H]1O. The Morgan fingerprint density at radius 2 is 1.82 bits per heavy atom. The van der Waals surface area contributed by atoms with Gasteiger partial charge in [0.1, 0.15) is 23.1 Å². The van der Waals surface area contributed by atoms with Crippen LogP contribution in [-0.2, 0) is 4.79 Å². The number of aliphatic hydroxyl groups is 4. The number of amides is 1. The lowest BCUT2D eigenvalue weighted by Gasteiger charge is -2.38. The zero-order valence-corrected chi connectivity index (χ0v) is 10.4. The summed E-state index contributed by atoms with van der Waals surface area (Å²) in [5.41, 5.74) is -2.38. The third-order valence-corrected chi connectivity index (χ3v) is 3.81. The van der Waals surface area contributed by atoms with E-state index in [9.17, 15) is 25.2 Å². The second kappa shape index (κ2) is 6.55. The molecule has 1 aliphatic rings. The fourth-order valence-electron chi connectivity index (χ4n) is 1.61. The Morgan fingerprint density at radius 3 is 2.41 bits per heavy atom. The smallest absolute Gasteiger partial charge is 0.220 e. The van der Waals surface area contributed by atoms with E-state index in [0.717, 1.165) is 12.8 Å². The highest BCUT2D eigenvalue weighted by Gasteiger charge is 2.43. The molecule has 0 aromatic rings. The Morgan fingerprint density at radius 1 is 1.18 bits per heavy atom. The Balaban J connectivity index is 2.53. The van der Waals surface area contributed by atoms with Crippen molar-refractivity contribution in [2.24, 2.45) is 0 Å². The standard InChI is InChI=1S/C10H19NO5S/c1-2-3-4-5(12)11-6-7(13)8(14)10(16)17-9(6)15/h6-10,13-16H,2-4H2,1H3,(H,11,12)/t6-,7-,8+,9?,10+/m1/s1. The molecule has 0 bridgehead atoms. The summed E-state index contributed by atoms with van der Waals surface area (Å²) in [4.78, 5) is 11.5. The van der Waals surface area contributed by atoms with Crippen LogP contribution in [0, 0.1) is 0 Å². The molecule has 1 aliphatic heterocycles. The first-order chi connectivity index (χ1) is 7.97. The Kier molecular flexibility index (Phi) is 5.68. The highest BCUT2D eigenvalue weighted by Crippen LogP contribution is 2.29. The fourth-order valence-corrected chi connectivity index (χ4v) is 2.62. The molecule has 1 unspecified atom stereocenters. The summed E-state index contributed by atoms with van der Waals surface area (Å²) in [5, 5.41) is 40.5. The van der Waals surface area contributed by atoms with Gasteiger partial charge in [0.2, 0.25) is 5.91 Å². The van der Waals surface area contributed by atoms with E-state index >= 15 is 0 Å². The average Bonchev–Trinajstić information content (AvgIpc) is 2.29. The minimum absolute atomic E-state index is 0.279. The van der Waals surface area contributed by atoms with Crippen LogP contribution in [0.2, 0.25) is 0 Å². The Hall–Kier alpha value is -0.340. The van der Waals surface area contributed by atoms with Gasteiger partial charge in [-0.2, -0.15) is 0 Å². The fraction of sp³-hybridized carbons (Fsp3) is 0.900. The number of carbonyl (C=O) groups excluding carboxylic acids is 1. The summed E-state index contributed by atoms with van der Waals surface area (Å²) in [6, 6.07) is -0.956. The van der Waals surface area contributed by atoms with E-state index in [1.807, 2.05) is 6.92 Å². The molecule has 5 N–H and O–H groups in total. The van der Waals surface area contributed by atoms with Gasteiger partial charge in [0.15, 0.2) is 0 Å². The maximum Gasteiger partial charge on any atom is 0.220 e. The van der Waals surface area contributed by atoms with E-state index in [-0.39, 0.29) is 5.91 Å². The van der Waals surface area contributed by atoms with Crippen molar-refractivity contribution >= 4 is 17.7 Å². The lowest BCUT2D eigenvalue weighted by Crippen LogP contribution is -2.60. The van der Waals surface area contributed by atoms with Crippen LogP contribution >= 0.6 is 11.8 Å². The first kappa shape index (κ1) is 14.7. The Bertz CT molecular complexity index is 265. The summed E-state index contributed by atoms with van der Waals surface area (Å²) in [6.07, 6.45) is -0.829. The molecule has 1 amide bonds. The molecule has 1 fully saturated rings. The number of hydrogen-bond acceptors (Lipinski definition) is 6. The highest BCUT2D eigenvalue weighted by molar-refractivity contribution is 8.00. The second-order valence-corrected chi connectivity index (χ2v) is 5.33. The van der Waals surface area contributed by atoms with Gasteiger partial charge in [-0.1, -0.05) is 25.1 Å². The van der Waals surface area contributed by atoms with Crippen molar-refractivity contribution in [3.05, 3.63) is 0 Å². The average molecular weight is 265 g/mol. The maximum atomic E-state index is 11.5. The maximum absolute atomic E-state index is 11.5. The molecule has 1 rings (SSSR count). The van der Waals surface area contributed by atoms with Crippen LogP contribution in [0.1, 0.15) is 26.2 Å². The minimum Gasteiger partial charge on any atom is -0.388 e. The number of hydrogen-bond donors (Lipinski definition) is 5. The number of aliphatic hydroxyl groups excluding tert-OH is 4. The van der Waals surface area contributed by atoms with Crippen LogP contribution in [0.3, 0.4) is 0 Å². The predicted molar refractivity (Wildman–Crippen MR) is 63.1 cm³/mol. The van der Waals surface area contributed by atoms with Gasteiger partial charge >= 0.3 is 0 Å². The van der Waals surface area contributed by atoms with E-state index in [2.05, 4.69) is 5.32 Å². The van der Waals surface area contributed by atoms with Crippen LogP contribution in [0.25, 0.3) is 0 Å². The Labute approximate surface area is 104 Å². The zero-order chi connectivity index (χ0) is 13.0. The number of thioether (sulfide) groups is 1. The van der Waals surface area contributed by atoms with E-state index in [1.165, 1.54) is 0 Å². The van der Waals surface area contributed by atoms with Crippen LogP contribution < -0.4 is 5.32 Å². The zero-order valence-electron chi connectivity index (χ0n) is 9.61. The third kappa shape index (κ3) is 3.82. The van der Waals surface area contributed by atoms with Crippen molar-refractivity contribution in [1.82, 2.24) is 5.32 Å². The molecule has 0 aromatic carbocycles. The van der Waals surface area contributed by atoms with Crippen LogP contribution in [-0.4, -0.2) is 55.5 Å². The minimum atomic E-state index is -1.38. The van der Waals surface area contributed by atoms with Gasteiger partial charge in [-0.3, -0.25) is 4.79 Å². The molecule has 0 radical (unpaired) electrons. The monoisotopic (exact) mass is 265 g/mol. The summed E-state index contributed by atoms with van der Waals surface area (Å²) < 4.78 is 0. The van der Waals surface area contributed by atoms with Crippen LogP contribution in [0.15, 0.2) is 0 Å². The normalized spacial score (nSPS) is 37.8. The van der Waals surface area contributed by atoms with E-state index in [0.29, 0.717) is 18.2 Å². The highest BCUT2D eigenvalue weighted by atomic mass is 32.2. The molecule has 6 nitrogen and oxygen atoms in total. The lowest BCUT2D eigenvalue weighted by molar-refractivity contribution is -0.126. The second-order valence-electron chi connectivity index (χ2n) is 4.10. The van der Waals surface area contributed by atoms with Gasteiger partial charge in [0, 0.05) is 6.42 Å². The number of rotatable bonds is 4. The molecule has 5 atom stereocenters. The van der Waals surface area contributed by atoms with Crippen molar-refractivity contribution in [3.63, 3.8) is 0 Å². The molecule has 1 heterocycles. The molecule has 7 heteroatoms. The van der Waals surface area contributed by atoms with Crippen molar-refractivity contribution < 1.29 is 25.2 Å². The molecule has 100 valence electrons. The molecule has 0 aromatic heterocycles. The van der Waals surface area contributed by atoms with Gasteiger partial charge in [-0.15, -0.1) is 0 Å². The molecule has 0 spiro atoms. The largest absolute Gasteiger partial charge is 0.388 e. The van der Waals surface area contributed by atoms with Gasteiger partial charge in [0.05, 0.1) is 6.04 Å². The van der Waals surface area contributed by atoms with Crippen LogP contribution in [0.4, 0.5) is 0 Å². The molecule has 17 heavy (non-hydrogen) atoms. The van der Waals surface area contributed by atoms with Gasteiger partial charge in [-0.25, -0.2) is 0 Å². The summed E-state index contributed by atoms with van der Waals surface area (Å²) in [5.74, 6) is -0.279. The van der Waals surface area contributed by atoms with E-state index in [1.54, 1.807) is 0 Å². The molecular weight excluding hydrogens is 246 g/mol. The van der Waals surface area contributed by atoms with Crippen molar-refractivity contribution in [3.8, 4) is 0 Å². The lowest BCUT2D eigenvalue weighted by atomic mass is 10.1. The van der Waals surface area contributed by atoms with Gasteiger partial charge < -0.3 is 25.7 Å². The molecule has 0 saturated carbocycles. The van der Waals surface area contributed by atoms with Gasteiger partial charge in [0.25, 0.3) is 0 Å². The van der Waals surface area contributed by atoms with Crippen LogP contribution in [0.5, 0.6) is 0 Å². The van der Waals surface area contributed by atoms with Crippen molar-refractivity contribution in [2.45, 2.75) is 55.3 Å². The van der Waals surface area contributed by atoms with Gasteiger partial charge in [-0.05, 0) is 6.42 Å². The first-order valence-corrected chi connectivity index (χ1v) is 6.58. The van der Waals surface area contributed by atoms with Crippen molar-refractivity contribution in [2.75, 3.05) is 0 Å².